The van der Waals surface area contributed by atoms with Gasteiger partial charge in [-0.15, -0.1) is 0 Å². The lowest BCUT2D eigenvalue weighted by Gasteiger charge is -2.12. The van der Waals surface area contributed by atoms with Crippen LogP contribution in [0.3, 0.4) is 0 Å². The maximum atomic E-state index is 10.1. The minimum Gasteiger partial charge on any atom is -0.506 e. The number of phenolic OH excluding ortho intramolecular Hbond substituents is 1. The first-order valence-electron chi connectivity index (χ1n) is 5.12. The number of rotatable bonds is 2. The molecule has 4 heteroatoms. The Morgan fingerprint density at radius 3 is 2.24 bits per heavy atom. The lowest BCUT2D eigenvalue weighted by atomic mass is 10.1. The van der Waals surface area contributed by atoms with Crippen LogP contribution in [-0.2, 0) is 0 Å². The van der Waals surface area contributed by atoms with Gasteiger partial charge in [-0.05, 0) is 52.0 Å². The van der Waals surface area contributed by atoms with Gasteiger partial charge in [0.05, 0.1) is 18.7 Å². The van der Waals surface area contributed by atoms with Gasteiger partial charge in [0.25, 0.3) is 0 Å². The lowest BCUT2D eigenvalue weighted by molar-refractivity contribution is 0.355. The average Bonchev–Trinajstić information content (AvgIpc) is 2.34. The molecule has 2 aromatic rings. The van der Waals surface area contributed by atoms with Gasteiger partial charge < -0.3 is 14.6 Å². The highest BCUT2D eigenvalue weighted by atomic mass is 79.9. The Balaban J connectivity index is 2.83. The number of ether oxygens (including phenoxy) is 2. The maximum absolute atomic E-state index is 10.1. The molecular formula is C13H13BrO3. The summed E-state index contributed by atoms with van der Waals surface area (Å²) in [5.41, 5.74) is 0.974. The molecule has 1 N–H and O–H groups in total. The van der Waals surface area contributed by atoms with Crippen molar-refractivity contribution in [3.8, 4) is 17.2 Å². The van der Waals surface area contributed by atoms with Gasteiger partial charge in [0.2, 0.25) is 0 Å². The number of fused-ring (bicyclic) bond motifs is 1. The van der Waals surface area contributed by atoms with Gasteiger partial charge in [-0.1, -0.05) is 0 Å². The molecule has 17 heavy (non-hydrogen) atoms. The van der Waals surface area contributed by atoms with E-state index in [1.165, 1.54) is 0 Å². The van der Waals surface area contributed by atoms with E-state index in [0.717, 1.165) is 16.3 Å². The Hall–Kier alpha value is -1.42. The quantitative estimate of drug-likeness (QED) is 0.920. The molecule has 0 fully saturated rings. The van der Waals surface area contributed by atoms with Crippen LogP contribution >= 0.6 is 15.9 Å². The van der Waals surface area contributed by atoms with E-state index >= 15 is 0 Å². The number of halogens is 1. The summed E-state index contributed by atoms with van der Waals surface area (Å²) in [4.78, 5) is 0. The van der Waals surface area contributed by atoms with Gasteiger partial charge in [0.15, 0.2) is 11.5 Å². The van der Waals surface area contributed by atoms with Crippen LogP contribution in [0.5, 0.6) is 17.2 Å². The summed E-state index contributed by atoms with van der Waals surface area (Å²) in [5.74, 6) is 1.48. The summed E-state index contributed by atoms with van der Waals surface area (Å²) >= 11 is 3.36. The number of hydrogen-bond donors (Lipinski definition) is 1. The van der Waals surface area contributed by atoms with Crippen LogP contribution in [0.4, 0.5) is 0 Å². The van der Waals surface area contributed by atoms with Crippen molar-refractivity contribution in [2.24, 2.45) is 0 Å². The molecule has 0 radical (unpaired) electrons. The van der Waals surface area contributed by atoms with Crippen LogP contribution in [0.1, 0.15) is 5.56 Å². The third-order valence-electron chi connectivity index (χ3n) is 2.74. The molecule has 0 atom stereocenters. The standard InChI is InChI=1S/C13H13BrO3/c1-7-4-8-5-10(16-2)11(17-3)6-9(8)13(15)12(7)14/h4-6,15H,1-3H3. The van der Waals surface area contributed by atoms with Gasteiger partial charge in [0, 0.05) is 5.39 Å². The largest absolute Gasteiger partial charge is 0.506 e. The van der Waals surface area contributed by atoms with Crippen LogP contribution in [0.25, 0.3) is 10.8 Å². The molecule has 0 saturated carbocycles. The molecule has 0 aliphatic carbocycles. The average molecular weight is 297 g/mol. The van der Waals surface area contributed by atoms with Crippen molar-refractivity contribution >= 4 is 26.7 Å². The van der Waals surface area contributed by atoms with Gasteiger partial charge in [-0.25, -0.2) is 0 Å². The molecule has 0 aliphatic rings. The summed E-state index contributed by atoms with van der Waals surface area (Å²) in [6, 6.07) is 5.61. The van der Waals surface area contributed by atoms with Crippen molar-refractivity contribution in [1.29, 1.82) is 0 Å². The van der Waals surface area contributed by atoms with Gasteiger partial charge in [0.1, 0.15) is 5.75 Å². The molecule has 0 spiro atoms. The zero-order valence-corrected chi connectivity index (χ0v) is 11.5. The van der Waals surface area contributed by atoms with Crippen molar-refractivity contribution < 1.29 is 14.6 Å². The Labute approximate surface area is 108 Å². The Morgan fingerprint density at radius 1 is 1.06 bits per heavy atom. The minimum atomic E-state index is 0.223. The predicted molar refractivity (Wildman–Crippen MR) is 71.2 cm³/mol. The van der Waals surface area contributed by atoms with E-state index in [1.807, 2.05) is 19.1 Å². The van der Waals surface area contributed by atoms with Crippen molar-refractivity contribution in [2.45, 2.75) is 6.92 Å². The smallest absolute Gasteiger partial charge is 0.161 e. The van der Waals surface area contributed by atoms with Crippen LogP contribution in [0.2, 0.25) is 0 Å². The fourth-order valence-corrected chi connectivity index (χ4v) is 2.15. The number of phenols is 1. The van der Waals surface area contributed by atoms with E-state index in [1.54, 1.807) is 20.3 Å². The number of aromatic hydroxyl groups is 1. The molecule has 0 bridgehead atoms. The molecule has 0 unspecified atom stereocenters. The summed E-state index contributed by atoms with van der Waals surface area (Å²) in [7, 11) is 3.17. The van der Waals surface area contributed by atoms with Crippen LogP contribution in [0.15, 0.2) is 22.7 Å². The van der Waals surface area contributed by atoms with Crippen LogP contribution in [0, 0.1) is 6.92 Å². The lowest BCUT2D eigenvalue weighted by Crippen LogP contribution is -1.91. The zero-order chi connectivity index (χ0) is 12.6. The molecule has 3 nitrogen and oxygen atoms in total. The van der Waals surface area contributed by atoms with Crippen molar-refractivity contribution in [2.75, 3.05) is 14.2 Å². The van der Waals surface area contributed by atoms with E-state index < -0.39 is 0 Å². The summed E-state index contributed by atoms with van der Waals surface area (Å²) < 4.78 is 11.2. The molecule has 0 aromatic heterocycles. The molecule has 0 amide bonds. The molecule has 2 rings (SSSR count). The van der Waals surface area contributed by atoms with Crippen molar-refractivity contribution in [3.05, 3.63) is 28.2 Å². The van der Waals surface area contributed by atoms with E-state index in [2.05, 4.69) is 15.9 Å². The third-order valence-corrected chi connectivity index (χ3v) is 3.74. The molecule has 90 valence electrons. The summed E-state index contributed by atoms with van der Waals surface area (Å²) in [6.07, 6.45) is 0. The first kappa shape index (κ1) is 12.0. The molecule has 0 aliphatic heterocycles. The summed E-state index contributed by atoms with van der Waals surface area (Å²) in [5, 5.41) is 11.7. The van der Waals surface area contributed by atoms with E-state index in [4.69, 9.17) is 9.47 Å². The van der Waals surface area contributed by atoms with Gasteiger partial charge in [-0.2, -0.15) is 0 Å². The fraction of sp³-hybridized carbons (Fsp3) is 0.231. The first-order chi connectivity index (χ1) is 8.08. The molecule has 0 saturated heterocycles. The fourth-order valence-electron chi connectivity index (χ4n) is 1.82. The highest BCUT2D eigenvalue weighted by Crippen LogP contribution is 2.40. The maximum Gasteiger partial charge on any atom is 0.161 e. The Bertz CT molecular complexity index is 579. The predicted octanol–water partition coefficient (Wildman–Crippen LogP) is 3.63. The minimum absolute atomic E-state index is 0.223. The highest BCUT2D eigenvalue weighted by Gasteiger charge is 2.12. The topological polar surface area (TPSA) is 38.7 Å². The van der Waals surface area contributed by atoms with Crippen molar-refractivity contribution in [1.82, 2.24) is 0 Å². The van der Waals surface area contributed by atoms with E-state index in [9.17, 15) is 5.11 Å². The highest BCUT2D eigenvalue weighted by molar-refractivity contribution is 9.10. The second-order valence-corrected chi connectivity index (χ2v) is 4.58. The second-order valence-electron chi connectivity index (χ2n) is 3.78. The number of hydrogen-bond acceptors (Lipinski definition) is 3. The van der Waals surface area contributed by atoms with Gasteiger partial charge >= 0.3 is 0 Å². The van der Waals surface area contributed by atoms with Gasteiger partial charge in [-0.3, -0.25) is 0 Å². The monoisotopic (exact) mass is 296 g/mol. The second kappa shape index (κ2) is 4.45. The number of methoxy groups -OCH3 is 2. The van der Waals surface area contributed by atoms with Crippen LogP contribution in [-0.4, -0.2) is 19.3 Å². The number of benzene rings is 2. The summed E-state index contributed by atoms with van der Waals surface area (Å²) in [6.45, 7) is 1.93. The SMILES string of the molecule is COc1cc2cc(C)c(Br)c(O)c2cc1OC. The number of aryl methyl sites for hydroxylation is 1. The molecular weight excluding hydrogens is 284 g/mol. The zero-order valence-electron chi connectivity index (χ0n) is 9.87. The Kier molecular flexibility index (Phi) is 3.15. The van der Waals surface area contributed by atoms with E-state index in [-0.39, 0.29) is 5.75 Å². The first-order valence-corrected chi connectivity index (χ1v) is 5.91. The van der Waals surface area contributed by atoms with E-state index in [0.29, 0.717) is 16.0 Å². The molecule has 0 heterocycles. The van der Waals surface area contributed by atoms with Crippen molar-refractivity contribution in [3.63, 3.8) is 0 Å². The molecule has 2 aromatic carbocycles. The Morgan fingerprint density at radius 2 is 1.65 bits per heavy atom. The third kappa shape index (κ3) is 1.93. The van der Waals surface area contributed by atoms with Crippen LogP contribution < -0.4 is 9.47 Å². The normalized spacial score (nSPS) is 10.6.